The summed E-state index contributed by atoms with van der Waals surface area (Å²) in [4.78, 5) is 7.05. The van der Waals surface area contributed by atoms with Crippen LogP contribution in [-0.4, -0.2) is 18.4 Å². The maximum Gasteiger partial charge on any atom is 0.266 e. The number of sulfonamides is 1. The zero-order valence-corrected chi connectivity index (χ0v) is 13.3. The predicted molar refractivity (Wildman–Crippen MR) is 79.3 cm³/mol. The third-order valence-electron chi connectivity index (χ3n) is 2.09. The van der Waals surface area contributed by atoms with Gasteiger partial charge in [0, 0.05) is 6.07 Å². The third-order valence-corrected chi connectivity index (χ3v) is 4.77. The molecule has 2 aromatic rings. The van der Waals surface area contributed by atoms with Gasteiger partial charge in [-0.1, -0.05) is 40.9 Å². The van der Waals surface area contributed by atoms with Gasteiger partial charge in [0.15, 0.2) is 0 Å². The van der Waals surface area contributed by atoms with Crippen molar-refractivity contribution in [2.45, 2.75) is 4.90 Å². The van der Waals surface area contributed by atoms with Crippen LogP contribution in [0.25, 0.3) is 0 Å². The molecule has 0 radical (unpaired) electrons. The number of nitrogens with one attached hydrogen (secondary N) is 1. The van der Waals surface area contributed by atoms with Crippen LogP contribution < -0.4 is 4.72 Å². The Kier molecular flexibility index (Phi) is 4.61. The fraction of sp³-hybridized carbons (Fsp3) is 0. The van der Waals surface area contributed by atoms with E-state index in [4.69, 9.17) is 46.4 Å². The first-order chi connectivity index (χ1) is 9.29. The summed E-state index contributed by atoms with van der Waals surface area (Å²) >= 11 is 23.0. The number of hydrogen-bond acceptors (Lipinski definition) is 4. The minimum absolute atomic E-state index is 0.00652. The van der Waals surface area contributed by atoms with Gasteiger partial charge in [0.2, 0.25) is 5.28 Å². The van der Waals surface area contributed by atoms with E-state index in [-0.39, 0.29) is 31.2 Å². The number of hydrogen-bond donors (Lipinski definition) is 1. The summed E-state index contributed by atoms with van der Waals surface area (Å²) in [7, 11) is -4.03. The molecule has 106 valence electrons. The summed E-state index contributed by atoms with van der Waals surface area (Å²) in [6, 6.07) is 5.54. The molecule has 0 aliphatic heterocycles. The second-order valence-corrected chi connectivity index (χ2v) is 6.66. The van der Waals surface area contributed by atoms with E-state index in [2.05, 4.69) is 14.7 Å². The Hall–Kier alpha value is -0.790. The molecule has 0 saturated heterocycles. The molecule has 0 aliphatic carbocycles. The molecular formula is C10H5Cl4N3O2S. The van der Waals surface area contributed by atoms with E-state index in [0.717, 1.165) is 0 Å². The van der Waals surface area contributed by atoms with E-state index in [9.17, 15) is 8.42 Å². The lowest BCUT2D eigenvalue weighted by molar-refractivity contribution is 0.601. The van der Waals surface area contributed by atoms with E-state index in [1.54, 1.807) is 0 Å². The molecule has 0 spiro atoms. The van der Waals surface area contributed by atoms with E-state index in [1.165, 1.54) is 24.3 Å². The highest BCUT2D eigenvalue weighted by atomic mass is 35.5. The van der Waals surface area contributed by atoms with Crippen molar-refractivity contribution in [1.82, 2.24) is 9.97 Å². The Labute approximate surface area is 134 Å². The Morgan fingerprint density at radius 1 is 1.00 bits per heavy atom. The molecule has 0 fully saturated rings. The molecule has 1 heterocycles. The lowest BCUT2D eigenvalue weighted by Crippen LogP contribution is -2.15. The highest BCUT2D eigenvalue weighted by Crippen LogP contribution is 2.30. The molecular weight excluding hydrogens is 368 g/mol. The largest absolute Gasteiger partial charge is 0.266 e. The fourth-order valence-electron chi connectivity index (χ4n) is 1.37. The quantitative estimate of drug-likeness (QED) is 0.655. The minimum Gasteiger partial charge on any atom is -0.263 e. The van der Waals surface area contributed by atoms with Crippen molar-refractivity contribution in [3.63, 3.8) is 0 Å². The molecule has 1 N–H and O–H groups in total. The van der Waals surface area contributed by atoms with Crippen molar-refractivity contribution < 1.29 is 8.42 Å². The molecule has 0 saturated carbocycles. The van der Waals surface area contributed by atoms with Crippen molar-refractivity contribution in [3.05, 3.63) is 44.7 Å². The smallest absolute Gasteiger partial charge is 0.263 e. The Balaban J connectivity index is 2.46. The van der Waals surface area contributed by atoms with Crippen LogP contribution in [0, 0.1) is 0 Å². The van der Waals surface area contributed by atoms with Gasteiger partial charge in [-0.3, -0.25) is 4.72 Å². The molecule has 0 unspecified atom stereocenters. The molecule has 1 aromatic heterocycles. The summed E-state index contributed by atoms with van der Waals surface area (Å²) in [6.07, 6.45) is 0. The van der Waals surface area contributed by atoms with Crippen LogP contribution in [0.15, 0.2) is 29.2 Å². The summed E-state index contributed by atoms with van der Waals surface area (Å²) in [5, 5.41) is -0.235. The molecule has 10 heteroatoms. The normalized spacial score (nSPS) is 11.4. The van der Waals surface area contributed by atoms with Crippen LogP contribution in [0.4, 0.5) is 5.82 Å². The Morgan fingerprint density at radius 2 is 1.60 bits per heavy atom. The van der Waals surface area contributed by atoms with Gasteiger partial charge in [0.1, 0.15) is 15.9 Å². The zero-order chi connectivity index (χ0) is 14.9. The van der Waals surface area contributed by atoms with Gasteiger partial charge >= 0.3 is 0 Å². The first kappa shape index (κ1) is 15.6. The van der Waals surface area contributed by atoms with E-state index in [0.29, 0.717) is 0 Å². The van der Waals surface area contributed by atoms with E-state index >= 15 is 0 Å². The molecule has 0 aliphatic rings. The monoisotopic (exact) mass is 371 g/mol. The van der Waals surface area contributed by atoms with Crippen LogP contribution in [0.5, 0.6) is 0 Å². The average Bonchev–Trinajstić information content (AvgIpc) is 2.25. The van der Waals surface area contributed by atoms with Crippen LogP contribution in [0.3, 0.4) is 0 Å². The number of nitrogens with zero attached hydrogens (tertiary/aromatic N) is 2. The topological polar surface area (TPSA) is 72.0 Å². The van der Waals surface area contributed by atoms with Gasteiger partial charge in [-0.2, -0.15) is 4.98 Å². The molecule has 1 aromatic carbocycles. The number of aromatic nitrogens is 2. The molecule has 5 nitrogen and oxygen atoms in total. The fourth-order valence-corrected chi connectivity index (χ4v) is 3.92. The molecule has 0 amide bonds. The molecule has 0 bridgehead atoms. The van der Waals surface area contributed by atoms with Crippen LogP contribution in [0.2, 0.25) is 20.5 Å². The van der Waals surface area contributed by atoms with E-state index < -0.39 is 10.0 Å². The van der Waals surface area contributed by atoms with Crippen molar-refractivity contribution >= 4 is 62.2 Å². The second-order valence-electron chi connectivity index (χ2n) is 3.50. The molecule has 2 rings (SSSR count). The van der Waals surface area contributed by atoms with Gasteiger partial charge in [-0.25, -0.2) is 13.4 Å². The van der Waals surface area contributed by atoms with Gasteiger partial charge < -0.3 is 0 Å². The summed E-state index contributed by atoms with van der Waals surface area (Å²) in [6.45, 7) is 0. The summed E-state index contributed by atoms with van der Waals surface area (Å²) in [5.74, 6) is -0.0917. The van der Waals surface area contributed by atoms with E-state index in [1.807, 2.05) is 0 Å². The van der Waals surface area contributed by atoms with Gasteiger partial charge in [0.25, 0.3) is 10.0 Å². The van der Waals surface area contributed by atoms with Crippen molar-refractivity contribution in [3.8, 4) is 0 Å². The zero-order valence-electron chi connectivity index (χ0n) is 9.44. The van der Waals surface area contributed by atoms with Crippen molar-refractivity contribution in [1.29, 1.82) is 0 Å². The maximum atomic E-state index is 12.2. The predicted octanol–water partition coefficient (Wildman–Crippen LogP) is 3.89. The van der Waals surface area contributed by atoms with Crippen LogP contribution in [-0.2, 0) is 10.0 Å². The first-order valence-electron chi connectivity index (χ1n) is 4.96. The third kappa shape index (κ3) is 3.45. The number of anilines is 1. The number of rotatable bonds is 3. The van der Waals surface area contributed by atoms with Gasteiger partial charge in [-0.05, 0) is 23.7 Å². The standard InChI is InChI=1S/C10H5Cl4N3O2S/c11-5-2-1-3-6(12)9(5)20(18,19)17-8-4-7(13)15-10(14)16-8/h1-4H,(H,15,16,17). The van der Waals surface area contributed by atoms with Crippen LogP contribution >= 0.6 is 46.4 Å². The van der Waals surface area contributed by atoms with Crippen molar-refractivity contribution in [2.24, 2.45) is 0 Å². The lowest BCUT2D eigenvalue weighted by Gasteiger charge is -2.10. The van der Waals surface area contributed by atoms with Gasteiger partial charge in [-0.15, -0.1) is 0 Å². The first-order valence-corrected chi connectivity index (χ1v) is 7.96. The Morgan fingerprint density at radius 3 is 2.15 bits per heavy atom. The second kappa shape index (κ2) is 5.91. The van der Waals surface area contributed by atoms with Gasteiger partial charge in [0.05, 0.1) is 10.0 Å². The SMILES string of the molecule is O=S(=O)(Nc1cc(Cl)nc(Cl)n1)c1c(Cl)cccc1Cl. The lowest BCUT2D eigenvalue weighted by atomic mass is 10.4. The average molecular weight is 373 g/mol. The highest BCUT2D eigenvalue weighted by molar-refractivity contribution is 7.93. The minimum atomic E-state index is -4.03. The summed E-state index contributed by atoms with van der Waals surface area (Å²) in [5.41, 5.74) is 0. The summed E-state index contributed by atoms with van der Waals surface area (Å²) < 4.78 is 26.7. The highest BCUT2D eigenvalue weighted by Gasteiger charge is 2.22. The molecule has 20 heavy (non-hydrogen) atoms. The number of halogens is 4. The Bertz CT molecular complexity index is 727. The molecule has 0 atom stereocenters. The number of benzene rings is 1. The maximum absolute atomic E-state index is 12.2. The van der Waals surface area contributed by atoms with Crippen molar-refractivity contribution in [2.75, 3.05) is 4.72 Å². The van der Waals surface area contributed by atoms with Crippen LogP contribution in [0.1, 0.15) is 0 Å².